The molecule has 1 aliphatic rings. The first-order valence-corrected chi connectivity index (χ1v) is 9.26. The summed E-state index contributed by atoms with van der Waals surface area (Å²) in [6.07, 6.45) is 2.07. The molecule has 25 heavy (non-hydrogen) atoms. The van der Waals surface area contributed by atoms with Crippen LogP contribution < -0.4 is 10.6 Å². The van der Waals surface area contributed by atoms with Gasteiger partial charge in [-0.3, -0.25) is 4.90 Å². The van der Waals surface area contributed by atoms with Crippen molar-refractivity contribution in [2.45, 2.75) is 26.7 Å². The number of hydrogen-bond acceptors (Lipinski definition) is 4. The Hall–Kier alpha value is -1.63. The number of aliphatic hydroxyl groups is 1. The largest absolute Gasteiger partial charge is 0.395 e. The fourth-order valence-corrected chi connectivity index (χ4v) is 3.03. The van der Waals surface area contributed by atoms with Crippen molar-refractivity contribution in [3.63, 3.8) is 0 Å². The lowest BCUT2D eigenvalue weighted by Gasteiger charge is -2.34. The molecule has 0 aromatic heterocycles. The molecule has 1 fully saturated rings. The van der Waals surface area contributed by atoms with Crippen LogP contribution in [0.2, 0.25) is 0 Å². The topological polar surface area (TPSA) is 67.8 Å². The maximum absolute atomic E-state index is 11.9. The maximum atomic E-state index is 11.9. The van der Waals surface area contributed by atoms with Gasteiger partial charge in [0.25, 0.3) is 0 Å². The van der Waals surface area contributed by atoms with Crippen molar-refractivity contribution in [2.75, 3.05) is 57.7 Å². The number of nitrogens with one attached hydrogen (secondary N) is 2. The number of hydrogen-bond donors (Lipinski definition) is 3. The van der Waals surface area contributed by atoms with E-state index in [2.05, 4.69) is 27.4 Å². The molecule has 3 N–H and O–H groups in total. The summed E-state index contributed by atoms with van der Waals surface area (Å²) in [5.74, 6) is 0. The highest BCUT2D eigenvalue weighted by molar-refractivity contribution is 5.89. The minimum Gasteiger partial charge on any atom is -0.395 e. The zero-order valence-corrected chi connectivity index (χ0v) is 15.6. The maximum Gasteiger partial charge on any atom is 0.319 e. The van der Waals surface area contributed by atoms with Gasteiger partial charge in [-0.15, -0.1) is 0 Å². The van der Waals surface area contributed by atoms with E-state index in [0.717, 1.165) is 57.8 Å². The van der Waals surface area contributed by atoms with Crippen LogP contribution in [-0.2, 0) is 0 Å². The quantitative estimate of drug-likeness (QED) is 0.627. The monoisotopic (exact) mass is 348 g/mol. The molecule has 140 valence electrons. The number of piperazine rings is 1. The smallest absolute Gasteiger partial charge is 0.319 e. The van der Waals surface area contributed by atoms with E-state index in [1.54, 1.807) is 0 Å². The second-order valence-corrected chi connectivity index (χ2v) is 6.79. The van der Waals surface area contributed by atoms with Gasteiger partial charge in [-0.25, -0.2) is 4.79 Å². The second-order valence-electron chi connectivity index (χ2n) is 6.79. The van der Waals surface area contributed by atoms with Gasteiger partial charge < -0.3 is 20.6 Å². The van der Waals surface area contributed by atoms with Gasteiger partial charge in [0.2, 0.25) is 0 Å². The average Bonchev–Trinajstić information content (AvgIpc) is 2.59. The highest BCUT2D eigenvalue weighted by atomic mass is 16.3. The SMILES string of the molecule is Cc1ccc(NC(=O)NCCCCN2CCN(CCO)CC2)cc1C. The molecule has 6 nitrogen and oxygen atoms in total. The van der Waals surface area contributed by atoms with Gasteiger partial charge in [0.15, 0.2) is 0 Å². The first-order chi connectivity index (χ1) is 12.1. The fourth-order valence-electron chi connectivity index (χ4n) is 3.03. The van der Waals surface area contributed by atoms with Gasteiger partial charge in [-0.2, -0.15) is 0 Å². The lowest BCUT2D eigenvalue weighted by atomic mass is 10.1. The van der Waals surface area contributed by atoms with Crippen LogP contribution in [0.5, 0.6) is 0 Å². The van der Waals surface area contributed by atoms with Gasteiger partial charge in [0.1, 0.15) is 0 Å². The summed E-state index contributed by atoms with van der Waals surface area (Å²) in [6.45, 7) is 11.1. The third kappa shape index (κ3) is 7.02. The van der Waals surface area contributed by atoms with E-state index < -0.39 is 0 Å². The number of benzene rings is 1. The van der Waals surface area contributed by atoms with Crippen LogP contribution in [0, 0.1) is 13.8 Å². The minimum absolute atomic E-state index is 0.138. The molecular weight excluding hydrogens is 316 g/mol. The summed E-state index contributed by atoms with van der Waals surface area (Å²) >= 11 is 0. The zero-order valence-electron chi connectivity index (χ0n) is 15.6. The molecule has 2 rings (SSSR count). The highest BCUT2D eigenvalue weighted by Gasteiger charge is 2.15. The summed E-state index contributed by atoms with van der Waals surface area (Å²) in [5, 5.41) is 14.8. The Balaban J connectivity index is 1.54. The lowest BCUT2D eigenvalue weighted by molar-refractivity contribution is 0.111. The third-order valence-corrected chi connectivity index (χ3v) is 4.83. The Kier molecular flexibility index (Phi) is 8.18. The molecule has 6 heteroatoms. The number of unbranched alkanes of at least 4 members (excludes halogenated alkanes) is 1. The zero-order chi connectivity index (χ0) is 18.1. The van der Waals surface area contributed by atoms with Crippen molar-refractivity contribution >= 4 is 11.7 Å². The predicted molar refractivity (Wildman–Crippen MR) is 102 cm³/mol. The number of rotatable bonds is 8. The van der Waals surface area contributed by atoms with Crippen molar-refractivity contribution in [1.29, 1.82) is 0 Å². The van der Waals surface area contributed by atoms with E-state index in [1.807, 2.05) is 25.1 Å². The molecule has 0 unspecified atom stereocenters. The summed E-state index contributed by atoms with van der Waals surface area (Å²) in [7, 11) is 0. The molecule has 1 aromatic rings. The summed E-state index contributed by atoms with van der Waals surface area (Å²) in [4.78, 5) is 16.7. The molecule has 0 radical (unpaired) electrons. The van der Waals surface area contributed by atoms with Crippen molar-refractivity contribution in [3.8, 4) is 0 Å². The molecule has 1 heterocycles. The Bertz CT molecular complexity index is 542. The lowest BCUT2D eigenvalue weighted by Crippen LogP contribution is -2.47. The number of nitrogens with zero attached hydrogens (tertiary/aromatic N) is 2. The van der Waals surface area contributed by atoms with Crippen LogP contribution in [0.15, 0.2) is 18.2 Å². The molecule has 1 saturated heterocycles. The number of aliphatic hydroxyl groups excluding tert-OH is 1. The van der Waals surface area contributed by atoms with Crippen LogP contribution in [0.25, 0.3) is 0 Å². The summed E-state index contributed by atoms with van der Waals surface area (Å²) < 4.78 is 0. The van der Waals surface area contributed by atoms with E-state index in [-0.39, 0.29) is 12.6 Å². The van der Waals surface area contributed by atoms with E-state index >= 15 is 0 Å². The minimum atomic E-state index is -0.138. The molecule has 0 atom stereocenters. The number of carbonyl (C=O) groups excluding carboxylic acids is 1. The Labute approximate surface area is 151 Å². The number of aryl methyl sites for hydroxylation is 2. The van der Waals surface area contributed by atoms with E-state index in [0.29, 0.717) is 6.54 Å². The van der Waals surface area contributed by atoms with Gasteiger partial charge in [0.05, 0.1) is 6.61 Å². The standard InChI is InChI=1S/C19H32N4O2/c1-16-5-6-18(15-17(16)2)21-19(25)20-7-3-4-8-22-9-11-23(12-10-22)13-14-24/h5-6,15,24H,3-4,7-14H2,1-2H3,(H2,20,21,25). The third-order valence-electron chi connectivity index (χ3n) is 4.83. The highest BCUT2D eigenvalue weighted by Crippen LogP contribution is 2.13. The normalized spacial score (nSPS) is 16.0. The van der Waals surface area contributed by atoms with E-state index in [4.69, 9.17) is 5.11 Å². The summed E-state index contributed by atoms with van der Waals surface area (Å²) in [6, 6.07) is 5.80. The first kappa shape index (κ1) is 19.7. The molecule has 1 aromatic carbocycles. The van der Waals surface area contributed by atoms with Gasteiger partial charge >= 0.3 is 6.03 Å². The Morgan fingerprint density at radius 3 is 2.36 bits per heavy atom. The van der Waals surface area contributed by atoms with Crippen LogP contribution in [0.4, 0.5) is 10.5 Å². The molecule has 1 aliphatic heterocycles. The van der Waals surface area contributed by atoms with E-state index in [1.165, 1.54) is 11.1 Å². The van der Waals surface area contributed by atoms with E-state index in [9.17, 15) is 4.79 Å². The van der Waals surface area contributed by atoms with Crippen molar-refractivity contribution < 1.29 is 9.90 Å². The number of carbonyl (C=O) groups is 1. The fraction of sp³-hybridized carbons (Fsp3) is 0.632. The molecule has 0 saturated carbocycles. The number of urea groups is 1. The van der Waals surface area contributed by atoms with Gasteiger partial charge in [-0.1, -0.05) is 6.07 Å². The molecule has 0 bridgehead atoms. The molecular formula is C19H32N4O2. The number of amides is 2. The Morgan fingerprint density at radius 2 is 1.72 bits per heavy atom. The van der Waals surface area contributed by atoms with Crippen molar-refractivity contribution in [3.05, 3.63) is 29.3 Å². The number of anilines is 1. The predicted octanol–water partition coefficient (Wildman–Crippen LogP) is 1.82. The van der Waals surface area contributed by atoms with Gasteiger partial charge in [-0.05, 0) is 56.5 Å². The second kappa shape index (κ2) is 10.4. The van der Waals surface area contributed by atoms with Crippen molar-refractivity contribution in [1.82, 2.24) is 15.1 Å². The summed E-state index contributed by atoms with van der Waals surface area (Å²) in [5.41, 5.74) is 3.24. The van der Waals surface area contributed by atoms with Crippen LogP contribution in [-0.4, -0.2) is 73.4 Å². The van der Waals surface area contributed by atoms with Crippen LogP contribution >= 0.6 is 0 Å². The van der Waals surface area contributed by atoms with Gasteiger partial charge in [0, 0.05) is 45.0 Å². The molecule has 0 aliphatic carbocycles. The number of β-amino-alcohol motifs (C(OH)–C–C–N with tert-alkyl or cyclic N) is 1. The molecule has 0 spiro atoms. The first-order valence-electron chi connectivity index (χ1n) is 9.26. The molecule has 2 amide bonds. The van der Waals surface area contributed by atoms with Crippen LogP contribution in [0.1, 0.15) is 24.0 Å². The average molecular weight is 348 g/mol. The Morgan fingerprint density at radius 1 is 1.04 bits per heavy atom. The van der Waals surface area contributed by atoms with Crippen LogP contribution in [0.3, 0.4) is 0 Å². The van der Waals surface area contributed by atoms with Crippen molar-refractivity contribution in [2.24, 2.45) is 0 Å².